The lowest BCUT2D eigenvalue weighted by molar-refractivity contribution is 0.242. The molecule has 0 aromatic heterocycles. The number of ether oxygens (including phenoxy) is 1. The van der Waals surface area contributed by atoms with Gasteiger partial charge >= 0.3 is 6.03 Å². The van der Waals surface area contributed by atoms with Crippen LogP contribution >= 0.6 is 11.6 Å². The molecule has 118 valence electrons. The Balaban J connectivity index is 1.99. The molecule has 2 aromatic carbocycles. The average molecular weight is 330 g/mol. The molecule has 0 aliphatic heterocycles. The van der Waals surface area contributed by atoms with Crippen LogP contribution < -0.4 is 15.4 Å². The van der Waals surface area contributed by atoms with Crippen molar-refractivity contribution < 1.29 is 9.53 Å². The van der Waals surface area contributed by atoms with Gasteiger partial charge in [0.15, 0.2) is 0 Å². The highest BCUT2D eigenvalue weighted by atomic mass is 35.5. The molecule has 0 saturated carbocycles. The fraction of sp³-hybridized carbons (Fsp3) is 0.176. The normalized spacial score (nSPS) is 10.0. The molecule has 2 rings (SSSR count). The zero-order valence-electron chi connectivity index (χ0n) is 12.8. The number of nitrogens with one attached hydrogen (secondary N) is 2. The van der Waals surface area contributed by atoms with Gasteiger partial charge in [0.05, 0.1) is 22.8 Å². The molecule has 2 N–H and O–H groups in total. The summed E-state index contributed by atoms with van der Waals surface area (Å²) in [7, 11) is 0. The third-order valence-corrected chi connectivity index (χ3v) is 3.12. The second-order valence-corrected chi connectivity index (χ2v) is 5.49. The van der Waals surface area contributed by atoms with Crippen LogP contribution in [0.2, 0.25) is 5.02 Å². The van der Waals surface area contributed by atoms with Crippen LogP contribution in [0.15, 0.2) is 42.5 Å². The molecule has 2 aromatic rings. The van der Waals surface area contributed by atoms with Crippen molar-refractivity contribution in [3.05, 3.63) is 53.1 Å². The Morgan fingerprint density at radius 3 is 2.30 bits per heavy atom. The number of nitrogens with zero attached hydrogens (tertiary/aromatic N) is 1. The molecule has 0 aliphatic carbocycles. The summed E-state index contributed by atoms with van der Waals surface area (Å²) in [6.07, 6.45) is 0.0194. The van der Waals surface area contributed by atoms with E-state index in [-0.39, 0.29) is 6.10 Å². The number of urea groups is 1. The topological polar surface area (TPSA) is 74.2 Å². The Hall–Kier alpha value is -2.71. The molecule has 0 atom stereocenters. The zero-order chi connectivity index (χ0) is 16.8. The summed E-state index contributed by atoms with van der Waals surface area (Å²) < 4.78 is 5.54. The molecule has 0 saturated heterocycles. The van der Waals surface area contributed by atoms with Crippen LogP contribution in [0.25, 0.3) is 0 Å². The standard InChI is InChI=1S/C17H16ClN3O2/c1-11(2)23-16-8-7-14(9-15(16)18)21-17(22)20-13-5-3-12(10-19)4-6-13/h3-9,11H,1-2H3,(H2,20,21,22). The lowest BCUT2D eigenvalue weighted by Gasteiger charge is -2.13. The van der Waals surface area contributed by atoms with Crippen LogP contribution in [0.4, 0.5) is 16.2 Å². The quantitative estimate of drug-likeness (QED) is 0.857. The van der Waals surface area contributed by atoms with E-state index in [1.54, 1.807) is 42.5 Å². The average Bonchev–Trinajstić information content (AvgIpc) is 2.50. The maximum atomic E-state index is 11.9. The first-order valence-electron chi connectivity index (χ1n) is 7.02. The summed E-state index contributed by atoms with van der Waals surface area (Å²) >= 11 is 6.12. The first-order chi connectivity index (χ1) is 11.0. The van der Waals surface area contributed by atoms with E-state index < -0.39 is 6.03 Å². The summed E-state index contributed by atoms with van der Waals surface area (Å²) in [4.78, 5) is 11.9. The molecule has 0 unspecified atom stereocenters. The van der Waals surface area contributed by atoms with Crippen molar-refractivity contribution in [2.24, 2.45) is 0 Å². The molecule has 0 aliphatic rings. The number of benzene rings is 2. The van der Waals surface area contributed by atoms with Crippen molar-refractivity contribution in [2.45, 2.75) is 20.0 Å². The van der Waals surface area contributed by atoms with E-state index in [1.165, 1.54) is 0 Å². The van der Waals surface area contributed by atoms with Crippen molar-refractivity contribution >= 4 is 29.0 Å². The Bertz CT molecular complexity index is 736. The molecule has 0 heterocycles. The minimum atomic E-state index is -0.400. The lowest BCUT2D eigenvalue weighted by atomic mass is 10.2. The number of carbonyl (C=O) groups excluding carboxylic acids is 1. The highest BCUT2D eigenvalue weighted by molar-refractivity contribution is 6.32. The molecule has 6 heteroatoms. The largest absolute Gasteiger partial charge is 0.489 e. The third kappa shape index (κ3) is 4.90. The van der Waals surface area contributed by atoms with Gasteiger partial charge in [-0.2, -0.15) is 5.26 Å². The van der Waals surface area contributed by atoms with Gasteiger partial charge in [0.25, 0.3) is 0 Å². The van der Waals surface area contributed by atoms with Gasteiger partial charge in [0.2, 0.25) is 0 Å². The molecule has 0 radical (unpaired) electrons. The summed E-state index contributed by atoms with van der Waals surface area (Å²) in [5.74, 6) is 0.569. The van der Waals surface area contributed by atoms with Gasteiger partial charge in [0.1, 0.15) is 5.75 Å². The molecule has 2 amide bonds. The van der Waals surface area contributed by atoms with Crippen LogP contribution in [0.3, 0.4) is 0 Å². The van der Waals surface area contributed by atoms with E-state index in [0.29, 0.717) is 27.7 Å². The highest BCUT2D eigenvalue weighted by Gasteiger charge is 2.08. The van der Waals surface area contributed by atoms with Crippen molar-refractivity contribution in [1.29, 1.82) is 5.26 Å². The summed E-state index contributed by atoms with van der Waals surface area (Å²) in [5.41, 5.74) is 1.67. The fourth-order valence-corrected chi connectivity index (χ4v) is 2.07. The molecule has 0 fully saturated rings. The van der Waals surface area contributed by atoms with E-state index in [4.69, 9.17) is 21.6 Å². The molecular formula is C17H16ClN3O2. The maximum absolute atomic E-state index is 11.9. The summed E-state index contributed by atoms with van der Waals surface area (Å²) in [6, 6.07) is 13.2. The van der Waals surface area contributed by atoms with E-state index in [0.717, 1.165) is 0 Å². The van der Waals surface area contributed by atoms with E-state index in [2.05, 4.69) is 10.6 Å². The van der Waals surface area contributed by atoms with Crippen molar-refractivity contribution in [3.63, 3.8) is 0 Å². The van der Waals surface area contributed by atoms with Gasteiger partial charge in [-0.1, -0.05) is 11.6 Å². The van der Waals surface area contributed by atoms with Crippen LogP contribution in [0.5, 0.6) is 5.75 Å². The minimum absolute atomic E-state index is 0.0194. The minimum Gasteiger partial charge on any atom is -0.489 e. The number of hydrogen-bond acceptors (Lipinski definition) is 3. The Morgan fingerprint density at radius 1 is 1.13 bits per heavy atom. The summed E-state index contributed by atoms with van der Waals surface area (Å²) in [6.45, 7) is 3.82. The number of amides is 2. The SMILES string of the molecule is CC(C)Oc1ccc(NC(=O)Nc2ccc(C#N)cc2)cc1Cl. The number of carbonyl (C=O) groups is 1. The lowest BCUT2D eigenvalue weighted by Crippen LogP contribution is -2.19. The number of hydrogen-bond donors (Lipinski definition) is 2. The van der Waals surface area contributed by atoms with E-state index in [9.17, 15) is 4.79 Å². The van der Waals surface area contributed by atoms with Crippen LogP contribution in [0, 0.1) is 11.3 Å². The number of nitriles is 1. The zero-order valence-corrected chi connectivity index (χ0v) is 13.5. The van der Waals surface area contributed by atoms with Gasteiger partial charge in [-0.3, -0.25) is 0 Å². The fourth-order valence-electron chi connectivity index (χ4n) is 1.85. The Kier molecular flexibility index (Phi) is 5.45. The first kappa shape index (κ1) is 16.7. The van der Waals surface area contributed by atoms with Gasteiger partial charge < -0.3 is 15.4 Å². The van der Waals surface area contributed by atoms with Crippen LogP contribution in [0.1, 0.15) is 19.4 Å². The van der Waals surface area contributed by atoms with Gasteiger partial charge in [-0.25, -0.2) is 4.79 Å². The van der Waals surface area contributed by atoms with Crippen LogP contribution in [-0.2, 0) is 0 Å². The van der Waals surface area contributed by atoms with E-state index >= 15 is 0 Å². The second kappa shape index (κ2) is 7.52. The van der Waals surface area contributed by atoms with Crippen molar-refractivity contribution in [3.8, 4) is 11.8 Å². The predicted octanol–water partition coefficient (Wildman–Crippen LogP) is 4.64. The van der Waals surface area contributed by atoms with Crippen LogP contribution in [-0.4, -0.2) is 12.1 Å². The second-order valence-electron chi connectivity index (χ2n) is 5.08. The smallest absolute Gasteiger partial charge is 0.323 e. The third-order valence-electron chi connectivity index (χ3n) is 2.82. The Morgan fingerprint density at radius 2 is 1.74 bits per heavy atom. The van der Waals surface area contributed by atoms with Gasteiger partial charge in [-0.05, 0) is 56.3 Å². The molecule has 23 heavy (non-hydrogen) atoms. The number of rotatable bonds is 4. The molecule has 5 nitrogen and oxygen atoms in total. The van der Waals surface area contributed by atoms with Gasteiger partial charge in [-0.15, -0.1) is 0 Å². The molecule has 0 bridgehead atoms. The molecule has 0 spiro atoms. The monoisotopic (exact) mass is 329 g/mol. The number of halogens is 1. The maximum Gasteiger partial charge on any atom is 0.323 e. The first-order valence-corrected chi connectivity index (χ1v) is 7.40. The van der Waals surface area contributed by atoms with Crippen molar-refractivity contribution in [2.75, 3.05) is 10.6 Å². The Labute approximate surface area is 139 Å². The molecular weight excluding hydrogens is 314 g/mol. The predicted molar refractivity (Wildman–Crippen MR) is 91.0 cm³/mol. The van der Waals surface area contributed by atoms with Crippen molar-refractivity contribution in [1.82, 2.24) is 0 Å². The van der Waals surface area contributed by atoms with Gasteiger partial charge in [0, 0.05) is 11.4 Å². The highest BCUT2D eigenvalue weighted by Crippen LogP contribution is 2.28. The summed E-state index contributed by atoms with van der Waals surface area (Å²) in [5, 5.41) is 14.5. The number of anilines is 2. The van der Waals surface area contributed by atoms with E-state index in [1.807, 2.05) is 19.9 Å².